The summed E-state index contributed by atoms with van der Waals surface area (Å²) < 4.78 is 32.0. The molecule has 2 aromatic carbocycles. The third-order valence-corrected chi connectivity index (χ3v) is 3.47. The molecule has 1 aromatic heterocycles. The van der Waals surface area contributed by atoms with E-state index in [-0.39, 0.29) is 22.6 Å². The molecule has 0 aliphatic rings. The third-order valence-electron chi connectivity index (χ3n) is 3.22. The fraction of sp³-hybridized carbons (Fsp3) is 0. The van der Waals surface area contributed by atoms with Crippen molar-refractivity contribution in [1.29, 1.82) is 0 Å². The molecule has 0 N–H and O–H groups in total. The SMILES string of the molecule is O=C(O/N=C/c1ccc(-c2ccc(F)cc2F)o1)c1ccc(Cl)cc1. The standard InChI is InChI=1S/C18H10ClF2NO3/c19-12-3-1-11(2-4-12)18(23)25-22-10-14-6-8-17(24-14)15-7-5-13(20)9-16(15)21/h1-10H/b22-10+. The van der Waals surface area contributed by atoms with Gasteiger partial charge in [-0.25, -0.2) is 13.6 Å². The van der Waals surface area contributed by atoms with Crippen LogP contribution in [0.4, 0.5) is 8.78 Å². The van der Waals surface area contributed by atoms with Gasteiger partial charge in [0.1, 0.15) is 29.4 Å². The average molecular weight is 362 g/mol. The highest BCUT2D eigenvalue weighted by Gasteiger charge is 2.10. The van der Waals surface area contributed by atoms with Crippen molar-refractivity contribution in [2.45, 2.75) is 0 Å². The zero-order chi connectivity index (χ0) is 17.8. The second-order valence-corrected chi connectivity index (χ2v) is 5.38. The van der Waals surface area contributed by atoms with Crippen LogP contribution in [0.5, 0.6) is 0 Å². The minimum atomic E-state index is -0.744. The van der Waals surface area contributed by atoms with Crippen LogP contribution < -0.4 is 0 Å². The number of halogens is 3. The molecule has 0 unspecified atom stereocenters. The van der Waals surface area contributed by atoms with Gasteiger partial charge >= 0.3 is 5.97 Å². The molecule has 0 fully saturated rings. The van der Waals surface area contributed by atoms with Crippen LogP contribution in [-0.4, -0.2) is 12.2 Å². The molecule has 1 heterocycles. The van der Waals surface area contributed by atoms with Gasteiger partial charge in [0.05, 0.1) is 11.1 Å². The zero-order valence-electron chi connectivity index (χ0n) is 12.6. The van der Waals surface area contributed by atoms with E-state index in [2.05, 4.69) is 5.16 Å². The van der Waals surface area contributed by atoms with Crippen molar-refractivity contribution in [2.24, 2.45) is 5.16 Å². The van der Waals surface area contributed by atoms with Crippen molar-refractivity contribution in [3.8, 4) is 11.3 Å². The lowest BCUT2D eigenvalue weighted by molar-refractivity contribution is 0.0519. The van der Waals surface area contributed by atoms with Crippen molar-refractivity contribution in [1.82, 2.24) is 0 Å². The van der Waals surface area contributed by atoms with Gasteiger partial charge in [0.25, 0.3) is 0 Å². The Morgan fingerprint density at radius 3 is 2.56 bits per heavy atom. The van der Waals surface area contributed by atoms with Gasteiger partial charge in [-0.15, -0.1) is 0 Å². The first-order valence-corrected chi connectivity index (χ1v) is 7.46. The molecule has 0 aliphatic carbocycles. The Morgan fingerprint density at radius 1 is 1.08 bits per heavy atom. The Labute approximate surface area is 146 Å². The van der Waals surface area contributed by atoms with E-state index < -0.39 is 17.6 Å². The van der Waals surface area contributed by atoms with Crippen LogP contribution in [0.3, 0.4) is 0 Å². The summed E-state index contributed by atoms with van der Waals surface area (Å²) in [5, 5.41) is 4.03. The number of benzene rings is 2. The Kier molecular flexibility index (Phi) is 4.90. The lowest BCUT2D eigenvalue weighted by atomic mass is 10.1. The number of hydrogen-bond acceptors (Lipinski definition) is 4. The van der Waals surface area contributed by atoms with E-state index in [4.69, 9.17) is 20.9 Å². The molecule has 126 valence electrons. The van der Waals surface area contributed by atoms with E-state index in [9.17, 15) is 13.6 Å². The molecule has 0 saturated heterocycles. The molecule has 3 rings (SSSR count). The molecule has 0 atom stereocenters. The first-order valence-electron chi connectivity index (χ1n) is 7.08. The van der Waals surface area contributed by atoms with Gasteiger partial charge in [-0.2, -0.15) is 0 Å². The maximum atomic E-state index is 13.7. The Morgan fingerprint density at radius 2 is 1.84 bits per heavy atom. The monoisotopic (exact) mass is 361 g/mol. The molecule has 0 radical (unpaired) electrons. The smallest absolute Gasteiger partial charge is 0.365 e. The van der Waals surface area contributed by atoms with Crippen LogP contribution in [0.15, 0.2) is 64.2 Å². The van der Waals surface area contributed by atoms with Crippen molar-refractivity contribution < 1.29 is 22.8 Å². The van der Waals surface area contributed by atoms with Gasteiger partial charge in [-0.3, -0.25) is 0 Å². The van der Waals surface area contributed by atoms with Crippen molar-refractivity contribution in [3.05, 3.63) is 82.6 Å². The molecule has 0 aliphatic heterocycles. The number of oxime groups is 1. The number of furan rings is 1. The van der Waals surface area contributed by atoms with Crippen molar-refractivity contribution in [3.63, 3.8) is 0 Å². The maximum absolute atomic E-state index is 13.7. The van der Waals surface area contributed by atoms with Gasteiger partial charge in [0.15, 0.2) is 0 Å². The summed E-state index contributed by atoms with van der Waals surface area (Å²) in [6.07, 6.45) is 1.17. The minimum Gasteiger partial charge on any atom is -0.455 e. The maximum Gasteiger partial charge on any atom is 0.365 e. The predicted molar refractivity (Wildman–Crippen MR) is 88.5 cm³/mol. The van der Waals surface area contributed by atoms with Crippen LogP contribution in [0.1, 0.15) is 16.1 Å². The lowest BCUT2D eigenvalue weighted by Gasteiger charge is -1.99. The fourth-order valence-electron chi connectivity index (χ4n) is 2.02. The normalized spacial score (nSPS) is 11.0. The topological polar surface area (TPSA) is 51.8 Å². The van der Waals surface area contributed by atoms with Crippen LogP contribution in [0, 0.1) is 11.6 Å². The van der Waals surface area contributed by atoms with E-state index in [1.807, 2.05) is 0 Å². The van der Waals surface area contributed by atoms with E-state index >= 15 is 0 Å². The highest BCUT2D eigenvalue weighted by Crippen LogP contribution is 2.25. The van der Waals surface area contributed by atoms with Gasteiger partial charge < -0.3 is 9.25 Å². The molecule has 0 spiro atoms. The van der Waals surface area contributed by atoms with Gasteiger partial charge in [-0.1, -0.05) is 16.8 Å². The number of rotatable bonds is 4. The molecular formula is C18H10ClF2NO3. The first-order chi connectivity index (χ1) is 12.0. The van der Waals surface area contributed by atoms with Crippen molar-refractivity contribution >= 4 is 23.8 Å². The second kappa shape index (κ2) is 7.27. The van der Waals surface area contributed by atoms with Crippen LogP contribution in [-0.2, 0) is 4.84 Å². The molecular weight excluding hydrogens is 352 g/mol. The molecule has 4 nitrogen and oxygen atoms in total. The fourth-order valence-corrected chi connectivity index (χ4v) is 2.15. The molecule has 0 saturated carbocycles. The third kappa shape index (κ3) is 4.10. The number of carbonyl (C=O) groups is 1. The highest BCUT2D eigenvalue weighted by atomic mass is 35.5. The molecule has 7 heteroatoms. The number of nitrogens with zero attached hydrogens (tertiary/aromatic N) is 1. The second-order valence-electron chi connectivity index (χ2n) is 4.95. The van der Waals surface area contributed by atoms with Gasteiger partial charge in [0, 0.05) is 11.1 Å². The van der Waals surface area contributed by atoms with E-state index in [0.29, 0.717) is 5.02 Å². The minimum absolute atomic E-state index is 0.110. The highest BCUT2D eigenvalue weighted by molar-refractivity contribution is 6.30. The Hall–Kier alpha value is -2.99. The number of carbonyl (C=O) groups excluding carboxylic acids is 1. The lowest BCUT2D eigenvalue weighted by Crippen LogP contribution is -2.00. The molecule has 25 heavy (non-hydrogen) atoms. The zero-order valence-corrected chi connectivity index (χ0v) is 13.3. The van der Waals surface area contributed by atoms with Crippen molar-refractivity contribution in [2.75, 3.05) is 0 Å². The average Bonchev–Trinajstić information content (AvgIpc) is 3.04. The molecule has 0 bridgehead atoms. The van der Waals surface area contributed by atoms with E-state index in [1.54, 1.807) is 12.1 Å². The van der Waals surface area contributed by atoms with Crippen LogP contribution in [0.25, 0.3) is 11.3 Å². The van der Waals surface area contributed by atoms with Crippen LogP contribution in [0.2, 0.25) is 5.02 Å². The number of hydrogen-bond donors (Lipinski definition) is 0. The van der Waals surface area contributed by atoms with Gasteiger partial charge in [0.2, 0.25) is 0 Å². The summed E-state index contributed by atoms with van der Waals surface area (Å²) in [5.41, 5.74) is 0.397. The Bertz CT molecular complexity index is 936. The predicted octanol–water partition coefficient (Wildman–Crippen LogP) is 5.07. The summed E-state index contributed by atoms with van der Waals surface area (Å²) >= 11 is 5.73. The van der Waals surface area contributed by atoms with Crippen LogP contribution >= 0.6 is 11.6 Å². The van der Waals surface area contributed by atoms with E-state index in [0.717, 1.165) is 12.1 Å². The molecule has 0 amide bonds. The van der Waals surface area contributed by atoms with E-state index in [1.165, 1.54) is 36.5 Å². The summed E-state index contributed by atoms with van der Waals surface area (Å²) in [6, 6.07) is 12.3. The van der Waals surface area contributed by atoms with Gasteiger partial charge in [-0.05, 0) is 48.5 Å². The molecule has 3 aromatic rings. The quantitative estimate of drug-likeness (QED) is 0.370. The summed E-state index contributed by atoms with van der Waals surface area (Å²) in [6.45, 7) is 0. The first kappa shape index (κ1) is 16.9. The largest absolute Gasteiger partial charge is 0.455 e. The summed E-state index contributed by atoms with van der Waals surface area (Å²) in [7, 11) is 0. The summed E-state index contributed by atoms with van der Waals surface area (Å²) in [4.78, 5) is 16.5. The summed E-state index contributed by atoms with van der Waals surface area (Å²) in [5.74, 6) is -1.65. The Balaban J connectivity index is 1.67.